The highest BCUT2D eigenvalue weighted by atomic mass is 16.5. The summed E-state index contributed by atoms with van der Waals surface area (Å²) in [4.78, 5) is 0. The highest BCUT2D eigenvalue weighted by Crippen LogP contribution is 2.34. The Morgan fingerprint density at radius 1 is 1.15 bits per heavy atom. The van der Waals surface area contributed by atoms with Gasteiger partial charge in [0.1, 0.15) is 17.2 Å². The number of nitriles is 1. The minimum atomic E-state index is 0.163. The molecule has 1 unspecified atom stereocenters. The van der Waals surface area contributed by atoms with Crippen LogP contribution in [0.3, 0.4) is 0 Å². The van der Waals surface area contributed by atoms with Crippen molar-refractivity contribution in [3.05, 3.63) is 17.7 Å². The van der Waals surface area contributed by atoms with Gasteiger partial charge in [0.2, 0.25) is 0 Å². The van der Waals surface area contributed by atoms with Crippen LogP contribution in [0.4, 0.5) is 0 Å². The van der Waals surface area contributed by atoms with E-state index in [1.165, 1.54) is 0 Å². The molecule has 5 nitrogen and oxygen atoms in total. The standard InChI is InChI=1S/C15H22N2O3/c1-5-11(6-7-16)17-10-13-14(19-3)8-12(18-2)9-15(13)20-4/h8-9,11,17H,5-6,10H2,1-4H3. The van der Waals surface area contributed by atoms with E-state index in [9.17, 15) is 0 Å². The summed E-state index contributed by atoms with van der Waals surface area (Å²) < 4.78 is 16.0. The van der Waals surface area contributed by atoms with E-state index in [0.29, 0.717) is 30.2 Å². The smallest absolute Gasteiger partial charge is 0.130 e. The molecule has 1 aromatic rings. The molecule has 0 aliphatic rings. The average Bonchev–Trinajstić information content (AvgIpc) is 2.50. The lowest BCUT2D eigenvalue weighted by molar-refractivity contribution is 0.364. The predicted molar refractivity (Wildman–Crippen MR) is 77.2 cm³/mol. The number of hydrogen-bond donors (Lipinski definition) is 1. The van der Waals surface area contributed by atoms with Gasteiger partial charge in [-0.2, -0.15) is 5.26 Å². The van der Waals surface area contributed by atoms with E-state index in [0.717, 1.165) is 12.0 Å². The molecule has 0 heterocycles. The van der Waals surface area contributed by atoms with Crippen molar-refractivity contribution in [3.8, 4) is 23.3 Å². The molecule has 1 atom stereocenters. The molecule has 20 heavy (non-hydrogen) atoms. The number of methoxy groups -OCH3 is 3. The lowest BCUT2D eigenvalue weighted by Crippen LogP contribution is -2.27. The number of rotatable bonds is 8. The van der Waals surface area contributed by atoms with Gasteiger partial charge in [0.15, 0.2) is 0 Å². The van der Waals surface area contributed by atoms with E-state index in [2.05, 4.69) is 18.3 Å². The van der Waals surface area contributed by atoms with Crippen molar-refractivity contribution in [3.63, 3.8) is 0 Å². The molecule has 0 saturated heterocycles. The normalized spacial score (nSPS) is 11.6. The van der Waals surface area contributed by atoms with Gasteiger partial charge >= 0.3 is 0 Å². The summed E-state index contributed by atoms with van der Waals surface area (Å²) in [6, 6.07) is 6.00. The van der Waals surface area contributed by atoms with Crippen molar-refractivity contribution < 1.29 is 14.2 Å². The largest absolute Gasteiger partial charge is 0.496 e. The minimum Gasteiger partial charge on any atom is -0.496 e. The van der Waals surface area contributed by atoms with Crippen molar-refractivity contribution >= 4 is 0 Å². The molecular formula is C15H22N2O3. The van der Waals surface area contributed by atoms with Crippen molar-refractivity contribution in [2.75, 3.05) is 21.3 Å². The first-order valence-electron chi connectivity index (χ1n) is 6.59. The summed E-state index contributed by atoms with van der Waals surface area (Å²) in [7, 11) is 4.83. The molecule has 0 aliphatic carbocycles. The van der Waals surface area contributed by atoms with Gasteiger partial charge in [0.05, 0.1) is 39.4 Å². The summed E-state index contributed by atoms with van der Waals surface area (Å²) in [6.45, 7) is 2.63. The first kappa shape index (κ1) is 16.1. The third-order valence-corrected chi connectivity index (χ3v) is 3.22. The third kappa shape index (κ3) is 4.04. The van der Waals surface area contributed by atoms with Crippen LogP contribution in [0, 0.1) is 11.3 Å². The Balaban J connectivity index is 2.95. The molecule has 0 spiro atoms. The Morgan fingerprint density at radius 2 is 1.75 bits per heavy atom. The van der Waals surface area contributed by atoms with Gasteiger partial charge in [-0.1, -0.05) is 6.92 Å². The van der Waals surface area contributed by atoms with Crippen LogP contribution in [0.1, 0.15) is 25.3 Å². The van der Waals surface area contributed by atoms with E-state index < -0.39 is 0 Å². The van der Waals surface area contributed by atoms with Gasteiger partial charge in [0.25, 0.3) is 0 Å². The fourth-order valence-corrected chi connectivity index (χ4v) is 1.97. The topological polar surface area (TPSA) is 63.5 Å². The molecule has 0 aliphatic heterocycles. The van der Waals surface area contributed by atoms with Crippen LogP contribution in [0.15, 0.2) is 12.1 Å². The van der Waals surface area contributed by atoms with Crippen molar-refractivity contribution in [1.29, 1.82) is 5.26 Å². The van der Waals surface area contributed by atoms with Gasteiger partial charge in [-0.3, -0.25) is 0 Å². The number of hydrogen-bond acceptors (Lipinski definition) is 5. The second-order valence-corrected chi connectivity index (χ2v) is 4.36. The molecular weight excluding hydrogens is 256 g/mol. The van der Waals surface area contributed by atoms with Crippen LogP contribution >= 0.6 is 0 Å². The zero-order chi connectivity index (χ0) is 15.0. The SMILES string of the molecule is CCC(CC#N)NCc1c(OC)cc(OC)cc1OC. The summed E-state index contributed by atoms with van der Waals surface area (Å²) in [5, 5.41) is 12.1. The fraction of sp³-hybridized carbons (Fsp3) is 0.533. The lowest BCUT2D eigenvalue weighted by atomic mass is 10.1. The van der Waals surface area contributed by atoms with Crippen molar-refractivity contribution in [2.45, 2.75) is 32.4 Å². The number of ether oxygens (including phenoxy) is 3. The van der Waals surface area contributed by atoms with Crippen molar-refractivity contribution in [2.24, 2.45) is 0 Å². The Bertz CT molecular complexity index is 444. The lowest BCUT2D eigenvalue weighted by Gasteiger charge is -2.18. The number of nitrogens with one attached hydrogen (secondary N) is 1. The molecule has 0 saturated carbocycles. The second kappa shape index (κ2) is 8.28. The molecule has 1 rings (SSSR count). The third-order valence-electron chi connectivity index (χ3n) is 3.22. The van der Waals surface area contributed by atoms with Crippen LogP contribution in [-0.4, -0.2) is 27.4 Å². The molecule has 1 N–H and O–H groups in total. The maximum atomic E-state index is 8.78. The highest BCUT2D eigenvalue weighted by Gasteiger charge is 2.14. The van der Waals surface area contributed by atoms with Gasteiger partial charge in [-0.05, 0) is 6.42 Å². The average molecular weight is 278 g/mol. The summed E-state index contributed by atoms with van der Waals surface area (Å²) in [6.07, 6.45) is 1.38. The maximum Gasteiger partial charge on any atom is 0.130 e. The van der Waals surface area contributed by atoms with Crippen LogP contribution < -0.4 is 19.5 Å². The van der Waals surface area contributed by atoms with E-state index in [1.807, 2.05) is 12.1 Å². The van der Waals surface area contributed by atoms with E-state index >= 15 is 0 Å². The molecule has 110 valence electrons. The van der Waals surface area contributed by atoms with Crippen LogP contribution in [0.5, 0.6) is 17.2 Å². The van der Waals surface area contributed by atoms with E-state index in [-0.39, 0.29) is 6.04 Å². The molecule has 0 radical (unpaired) electrons. The number of benzene rings is 1. The minimum absolute atomic E-state index is 0.163. The zero-order valence-corrected chi connectivity index (χ0v) is 12.5. The van der Waals surface area contributed by atoms with Gasteiger partial charge in [0, 0.05) is 24.7 Å². The second-order valence-electron chi connectivity index (χ2n) is 4.36. The van der Waals surface area contributed by atoms with Crippen LogP contribution in [0.25, 0.3) is 0 Å². The van der Waals surface area contributed by atoms with Crippen LogP contribution in [-0.2, 0) is 6.54 Å². The molecule has 0 aromatic heterocycles. The number of nitrogens with zero attached hydrogens (tertiary/aromatic N) is 1. The molecule has 0 fully saturated rings. The molecule has 1 aromatic carbocycles. The highest BCUT2D eigenvalue weighted by molar-refractivity contribution is 5.50. The van der Waals surface area contributed by atoms with Gasteiger partial charge in [-0.15, -0.1) is 0 Å². The fourth-order valence-electron chi connectivity index (χ4n) is 1.97. The van der Waals surface area contributed by atoms with E-state index in [1.54, 1.807) is 21.3 Å². The summed E-state index contributed by atoms with van der Waals surface area (Å²) >= 11 is 0. The Kier molecular flexibility index (Phi) is 6.68. The maximum absolute atomic E-state index is 8.78. The molecule has 0 amide bonds. The van der Waals surface area contributed by atoms with Gasteiger partial charge < -0.3 is 19.5 Å². The Hall–Kier alpha value is -1.93. The Labute approximate surface area is 120 Å². The first-order chi connectivity index (χ1) is 9.69. The zero-order valence-electron chi connectivity index (χ0n) is 12.5. The van der Waals surface area contributed by atoms with E-state index in [4.69, 9.17) is 19.5 Å². The van der Waals surface area contributed by atoms with Crippen LogP contribution in [0.2, 0.25) is 0 Å². The predicted octanol–water partition coefficient (Wildman–Crippen LogP) is 2.49. The summed E-state index contributed by atoms with van der Waals surface area (Å²) in [5.41, 5.74) is 0.923. The van der Waals surface area contributed by atoms with Gasteiger partial charge in [-0.25, -0.2) is 0 Å². The summed E-state index contributed by atoms with van der Waals surface area (Å²) in [5.74, 6) is 2.10. The quantitative estimate of drug-likeness (QED) is 0.791. The molecule has 5 heteroatoms. The Morgan fingerprint density at radius 3 is 2.15 bits per heavy atom. The monoisotopic (exact) mass is 278 g/mol. The van der Waals surface area contributed by atoms with Crippen molar-refractivity contribution in [1.82, 2.24) is 5.32 Å². The first-order valence-corrected chi connectivity index (χ1v) is 6.59. The molecule has 0 bridgehead atoms.